The van der Waals surface area contributed by atoms with Crippen molar-refractivity contribution in [2.45, 2.75) is 26.9 Å². The van der Waals surface area contributed by atoms with Crippen molar-refractivity contribution in [3.8, 4) is 17.2 Å². The average Bonchev–Trinajstić information content (AvgIpc) is 2.73. The van der Waals surface area contributed by atoms with Crippen molar-refractivity contribution in [3.05, 3.63) is 57.6 Å². The Bertz CT molecular complexity index is 923. The van der Waals surface area contributed by atoms with Crippen LogP contribution in [0.2, 0.25) is 0 Å². The topological polar surface area (TPSA) is 114 Å². The van der Waals surface area contributed by atoms with E-state index in [-0.39, 0.29) is 23.7 Å². The first kappa shape index (κ1) is 22.7. The maximum absolute atomic E-state index is 12.6. The molecule has 0 amide bonds. The normalized spacial score (nSPS) is 11.3. The molecule has 0 bridgehead atoms. The maximum atomic E-state index is 12.6. The average molecular weight is 417 g/mol. The Balaban J connectivity index is 2.25. The van der Waals surface area contributed by atoms with Gasteiger partial charge in [0.05, 0.1) is 31.3 Å². The molecule has 0 aliphatic rings. The van der Waals surface area contributed by atoms with Gasteiger partial charge < -0.3 is 18.9 Å². The molecule has 0 spiro atoms. The number of nitro benzene ring substituents is 1. The third-order valence-electron chi connectivity index (χ3n) is 4.10. The van der Waals surface area contributed by atoms with E-state index in [9.17, 15) is 19.7 Å². The highest BCUT2D eigenvalue weighted by atomic mass is 16.6. The van der Waals surface area contributed by atoms with Gasteiger partial charge in [-0.1, -0.05) is 0 Å². The molecular formula is C21H23NO8. The van der Waals surface area contributed by atoms with Crippen molar-refractivity contribution >= 4 is 17.4 Å². The smallest absolute Gasteiger partial charge is 0.346 e. The van der Waals surface area contributed by atoms with Crippen LogP contribution in [0.3, 0.4) is 0 Å². The number of nitro groups is 1. The van der Waals surface area contributed by atoms with Gasteiger partial charge >= 0.3 is 5.97 Å². The Morgan fingerprint density at radius 1 is 1.03 bits per heavy atom. The van der Waals surface area contributed by atoms with E-state index in [0.29, 0.717) is 17.9 Å². The molecule has 30 heavy (non-hydrogen) atoms. The highest BCUT2D eigenvalue weighted by Crippen LogP contribution is 2.35. The minimum Gasteiger partial charge on any atom is -0.494 e. The minimum absolute atomic E-state index is 0.110. The maximum Gasteiger partial charge on any atom is 0.346 e. The monoisotopic (exact) mass is 417 g/mol. The van der Waals surface area contributed by atoms with Crippen LogP contribution >= 0.6 is 0 Å². The molecule has 0 unspecified atom stereocenters. The highest BCUT2D eigenvalue weighted by molar-refractivity contribution is 6.02. The van der Waals surface area contributed by atoms with Crippen molar-refractivity contribution in [2.24, 2.45) is 0 Å². The second kappa shape index (κ2) is 10.2. The lowest BCUT2D eigenvalue weighted by Gasteiger charge is -2.15. The van der Waals surface area contributed by atoms with Crippen LogP contribution in [0.4, 0.5) is 5.69 Å². The minimum atomic E-state index is -1.16. The lowest BCUT2D eigenvalue weighted by atomic mass is 10.1. The Morgan fingerprint density at radius 2 is 1.67 bits per heavy atom. The van der Waals surface area contributed by atoms with Crippen LogP contribution in [-0.2, 0) is 4.74 Å². The largest absolute Gasteiger partial charge is 0.494 e. The van der Waals surface area contributed by atoms with Crippen LogP contribution in [-0.4, -0.2) is 43.1 Å². The van der Waals surface area contributed by atoms with Crippen LogP contribution in [0, 0.1) is 10.1 Å². The van der Waals surface area contributed by atoms with E-state index in [4.69, 9.17) is 18.9 Å². The van der Waals surface area contributed by atoms with E-state index >= 15 is 0 Å². The van der Waals surface area contributed by atoms with E-state index in [1.54, 1.807) is 31.2 Å². The van der Waals surface area contributed by atoms with Gasteiger partial charge in [-0.05, 0) is 45.0 Å². The Hall–Kier alpha value is -3.62. The van der Waals surface area contributed by atoms with Crippen LogP contribution in [0.1, 0.15) is 41.5 Å². The van der Waals surface area contributed by atoms with Crippen molar-refractivity contribution in [3.63, 3.8) is 0 Å². The molecule has 0 N–H and O–H groups in total. The molecule has 0 fully saturated rings. The lowest BCUT2D eigenvalue weighted by molar-refractivity contribution is -0.385. The number of hydrogen-bond acceptors (Lipinski definition) is 8. The number of methoxy groups -OCH3 is 1. The molecule has 9 heteroatoms. The first-order valence-electron chi connectivity index (χ1n) is 9.29. The molecule has 9 nitrogen and oxygen atoms in total. The number of benzene rings is 2. The Kier molecular flexibility index (Phi) is 7.74. The first-order valence-corrected chi connectivity index (χ1v) is 9.29. The van der Waals surface area contributed by atoms with Gasteiger partial charge in [-0.15, -0.1) is 0 Å². The van der Waals surface area contributed by atoms with Crippen molar-refractivity contribution in [1.82, 2.24) is 0 Å². The molecule has 0 aromatic heterocycles. The summed E-state index contributed by atoms with van der Waals surface area (Å²) in [5.41, 5.74) is -0.533. The quantitative estimate of drug-likeness (QED) is 0.248. The number of carbonyl (C=O) groups is 2. The van der Waals surface area contributed by atoms with Crippen LogP contribution in [0.25, 0.3) is 0 Å². The van der Waals surface area contributed by atoms with Crippen molar-refractivity contribution in [2.75, 3.05) is 20.3 Å². The predicted molar refractivity (Wildman–Crippen MR) is 108 cm³/mol. The Morgan fingerprint density at radius 3 is 2.20 bits per heavy atom. The summed E-state index contributed by atoms with van der Waals surface area (Å²) >= 11 is 0. The summed E-state index contributed by atoms with van der Waals surface area (Å²) in [7, 11) is 1.33. The SMILES string of the molecule is CCOc1ccc(C(=O)[C@H](C)OC(=O)c2cc(OCC)c(OC)cc2[N+](=O)[O-])cc1. The van der Waals surface area contributed by atoms with Gasteiger partial charge in [0.2, 0.25) is 5.78 Å². The number of Topliss-reactive ketones (excluding diaryl/α,β-unsaturated/α-hetero) is 1. The van der Waals surface area contributed by atoms with Gasteiger partial charge in [0, 0.05) is 11.6 Å². The fraction of sp³-hybridized carbons (Fsp3) is 0.333. The number of rotatable bonds is 10. The van der Waals surface area contributed by atoms with Crippen LogP contribution < -0.4 is 14.2 Å². The van der Waals surface area contributed by atoms with Crippen molar-refractivity contribution < 1.29 is 33.5 Å². The molecule has 160 valence electrons. The van der Waals surface area contributed by atoms with Gasteiger partial charge in [0.1, 0.15) is 11.3 Å². The summed E-state index contributed by atoms with van der Waals surface area (Å²) in [6.07, 6.45) is -1.16. The Labute approximate surface area is 173 Å². The third kappa shape index (κ3) is 5.25. The molecule has 0 saturated carbocycles. The molecule has 0 aliphatic heterocycles. The first-order chi connectivity index (χ1) is 14.3. The summed E-state index contributed by atoms with van der Waals surface area (Å²) in [5.74, 6) is -0.595. The van der Waals surface area contributed by atoms with E-state index in [1.165, 1.54) is 20.1 Å². The zero-order chi connectivity index (χ0) is 22.3. The van der Waals surface area contributed by atoms with Crippen LogP contribution in [0.15, 0.2) is 36.4 Å². The number of ketones is 1. The number of carbonyl (C=O) groups excluding carboxylic acids is 2. The summed E-state index contributed by atoms with van der Waals surface area (Å²) < 4.78 is 21.0. The molecule has 0 saturated heterocycles. The zero-order valence-electron chi connectivity index (χ0n) is 17.2. The summed E-state index contributed by atoms with van der Waals surface area (Å²) in [4.78, 5) is 35.9. The lowest BCUT2D eigenvalue weighted by Crippen LogP contribution is -2.25. The highest BCUT2D eigenvalue weighted by Gasteiger charge is 2.28. The van der Waals surface area contributed by atoms with Gasteiger partial charge in [0.25, 0.3) is 5.69 Å². The van der Waals surface area contributed by atoms with Gasteiger partial charge in [0.15, 0.2) is 17.6 Å². The number of esters is 1. The molecule has 1 atom stereocenters. The summed E-state index contributed by atoms with van der Waals surface area (Å²) in [6.45, 7) is 5.71. The van der Waals surface area contributed by atoms with Gasteiger partial charge in [-0.2, -0.15) is 0 Å². The second-order valence-electron chi connectivity index (χ2n) is 6.08. The van der Waals surface area contributed by atoms with E-state index in [0.717, 1.165) is 6.07 Å². The van der Waals surface area contributed by atoms with Crippen LogP contribution in [0.5, 0.6) is 17.2 Å². The molecule has 2 rings (SSSR count). The van der Waals surface area contributed by atoms with Gasteiger partial charge in [-0.3, -0.25) is 14.9 Å². The third-order valence-corrected chi connectivity index (χ3v) is 4.10. The standard InChI is InChI=1S/C21H23NO8/c1-5-28-15-9-7-14(8-10-15)20(23)13(3)30-21(24)16-11-19(29-6-2)18(27-4)12-17(16)22(25)26/h7-13H,5-6H2,1-4H3/t13-/m0/s1. The predicted octanol–water partition coefficient (Wildman–Crippen LogP) is 3.83. The fourth-order valence-electron chi connectivity index (χ4n) is 2.69. The second-order valence-corrected chi connectivity index (χ2v) is 6.08. The van der Waals surface area contributed by atoms with E-state index in [1.807, 2.05) is 6.92 Å². The zero-order valence-corrected chi connectivity index (χ0v) is 17.2. The number of hydrogen-bond donors (Lipinski definition) is 0. The molecule has 0 aliphatic carbocycles. The van der Waals surface area contributed by atoms with Gasteiger partial charge in [-0.25, -0.2) is 4.79 Å². The summed E-state index contributed by atoms with van der Waals surface area (Å²) in [5, 5.41) is 11.4. The molecule has 0 heterocycles. The summed E-state index contributed by atoms with van der Waals surface area (Å²) in [6, 6.07) is 8.64. The molecular weight excluding hydrogens is 394 g/mol. The van der Waals surface area contributed by atoms with E-state index in [2.05, 4.69) is 0 Å². The number of nitrogens with zero attached hydrogens (tertiary/aromatic N) is 1. The van der Waals surface area contributed by atoms with Crippen molar-refractivity contribution in [1.29, 1.82) is 0 Å². The molecule has 0 radical (unpaired) electrons. The molecule has 2 aromatic rings. The molecule has 2 aromatic carbocycles. The number of ether oxygens (including phenoxy) is 4. The fourth-order valence-corrected chi connectivity index (χ4v) is 2.69. The van der Waals surface area contributed by atoms with E-state index < -0.39 is 28.5 Å².